The van der Waals surface area contributed by atoms with E-state index in [1.807, 2.05) is 0 Å². The Bertz CT molecular complexity index is 492. The van der Waals surface area contributed by atoms with Crippen LogP contribution in [0.3, 0.4) is 0 Å². The molecule has 2 aromatic heterocycles. The third-order valence-electron chi connectivity index (χ3n) is 1.65. The van der Waals surface area contributed by atoms with Gasteiger partial charge in [-0.1, -0.05) is 0 Å². The van der Waals surface area contributed by atoms with Crippen molar-refractivity contribution in [1.82, 2.24) is 15.0 Å². The standard InChI is InChI=1S/C10H6N4S/c11-6-8-2-5-12-7-9(8)15-10-13-3-1-4-14-10/h1-5,7H. The van der Waals surface area contributed by atoms with Crippen LogP contribution < -0.4 is 0 Å². The van der Waals surface area contributed by atoms with Crippen molar-refractivity contribution < 1.29 is 0 Å². The van der Waals surface area contributed by atoms with E-state index in [2.05, 4.69) is 21.0 Å². The van der Waals surface area contributed by atoms with Crippen LogP contribution in [0.2, 0.25) is 0 Å². The summed E-state index contributed by atoms with van der Waals surface area (Å²) in [7, 11) is 0. The molecule has 0 unspecified atom stereocenters. The molecule has 2 aromatic rings. The van der Waals surface area contributed by atoms with Crippen LogP contribution in [0.1, 0.15) is 5.56 Å². The first-order chi connectivity index (χ1) is 7.40. The van der Waals surface area contributed by atoms with Crippen LogP contribution in [-0.2, 0) is 0 Å². The fourth-order valence-electron chi connectivity index (χ4n) is 0.990. The average Bonchev–Trinajstić information content (AvgIpc) is 2.31. The van der Waals surface area contributed by atoms with Crippen molar-refractivity contribution in [3.05, 3.63) is 42.5 Å². The van der Waals surface area contributed by atoms with Crippen LogP contribution in [0.4, 0.5) is 0 Å². The van der Waals surface area contributed by atoms with Gasteiger partial charge >= 0.3 is 0 Å². The van der Waals surface area contributed by atoms with E-state index in [1.165, 1.54) is 11.8 Å². The second kappa shape index (κ2) is 4.53. The molecule has 0 spiro atoms. The number of rotatable bonds is 2. The predicted octanol–water partition coefficient (Wildman–Crippen LogP) is 1.89. The van der Waals surface area contributed by atoms with Crippen LogP contribution in [0.25, 0.3) is 0 Å². The number of pyridine rings is 1. The van der Waals surface area contributed by atoms with Gasteiger partial charge in [-0.3, -0.25) is 4.98 Å². The first kappa shape index (κ1) is 9.62. The molecule has 0 radical (unpaired) electrons. The third kappa shape index (κ3) is 2.30. The number of hydrogen-bond acceptors (Lipinski definition) is 5. The van der Waals surface area contributed by atoms with Gasteiger partial charge in [0.05, 0.1) is 10.5 Å². The Labute approximate surface area is 91.0 Å². The molecule has 0 aromatic carbocycles. The quantitative estimate of drug-likeness (QED) is 0.714. The molecule has 0 amide bonds. The molecule has 0 aliphatic carbocycles. The smallest absolute Gasteiger partial charge is 0.192 e. The molecule has 4 nitrogen and oxygen atoms in total. The highest BCUT2D eigenvalue weighted by atomic mass is 32.2. The molecule has 0 saturated heterocycles. The Kier molecular flexibility index (Phi) is 2.90. The van der Waals surface area contributed by atoms with Crippen molar-refractivity contribution in [2.75, 3.05) is 0 Å². The fourth-order valence-corrected chi connectivity index (χ4v) is 1.75. The Balaban J connectivity index is 2.29. The molecule has 0 aliphatic rings. The first-order valence-electron chi connectivity index (χ1n) is 4.19. The van der Waals surface area contributed by atoms with E-state index in [-0.39, 0.29) is 0 Å². The topological polar surface area (TPSA) is 62.5 Å². The Hall–Kier alpha value is -1.93. The van der Waals surface area contributed by atoms with Crippen LogP contribution in [-0.4, -0.2) is 15.0 Å². The summed E-state index contributed by atoms with van der Waals surface area (Å²) in [5.41, 5.74) is 0.586. The van der Waals surface area contributed by atoms with Gasteiger partial charge in [-0.25, -0.2) is 9.97 Å². The Morgan fingerprint density at radius 2 is 2.00 bits per heavy atom. The molecule has 0 atom stereocenters. The lowest BCUT2D eigenvalue weighted by molar-refractivity contribution is 0.965. The third-order valence-corrected chi connectivity index (χ3v) is 2.59. The van der Waals surface area contributed by atoms with Crippen molar-refractivity contribution >= 4 is 11.8 Å². The maximum Gasteiger partial charge on any atom is 0.192 e. The molecule has 15 heavy (non-hydrogen) atoms. The monoisotopic (exact) mass is 214 g/mol. The molecular formula is C10H6N4S. The highest BCUT2D eigenvalue weighted by Crippen LogP contribution is 2.25. The predicted molar refractivity (Wildman–Crippen MR) is 55.1 cm³/mol. The van der Waals surface area contributed by atoms with Crippen LogP contribution in [0.5, 0.6) is 0 Å². The zero-order valence-corrected chi connectivity index (χ0v) is 8.48. The molecule has 0 aliphatic heterocycles. The maximum atomic E-state index is 8.86. The van der Waals surface area contributed by atoms with Gasteiger partial charge in [0.25, 0.3) is 0 Å². The van der Waals surface area contributed by atoms with Crippen LogP contribution >= 0.6 is 11.8 Å². The molecule has 5 heteroatoms. The summed E-state index contributed by atoms with van der Waals surface area (Å²) in [6.45, 7) is 0. The largest absolute Gasteiger partial charge is 0.263 e. The maximum absolute atomic E-state index is 8.86. The van der Waals surface area contributed by atoms with Crippen molar-refractivity contribution in [1.29, 1.82) is 5.26 Å². The normalized spacial score (nSPS) is 9.53. The zero-order chi connectivity index (χ0) is 10.5. The first-order valence-corrected chi connectivity index (χ1v) is 5.01. The SMILES string of the molecule is N#Cc1ccncc1Sc1ncccn1. The second-order valence-corrected chi connectivity index (χ2v) is 3.63. The zero-order valence-electron chi connectivity index (χ0n) is 7.66. The lowest BCUT2D eigenvalue weighted by atomic mass is 10.3. The van der Waals surface area contributed by atoms with Gasteiger partial charge in [0, 0.05) is 24.8 Å². The van der Waals surface area contributed by atoms with Crippen molar-refractivity contribution in [3.8, 4) is 6.07 Å². The molecule has 72 valence electrons. The van der Waals surface area contributed by atoms with Gasteiger partial charge in [-0.15, -0.1) is 0 Å². The molecule has 2 heterocycles. The van der Waals surface area contributed by atoms with Gasteiger partial charge in [0.1, 0.15) is 6.07 Å². The van der Waals surface area contributed by atoms with Crippen LogP contribution in [0.15, 0.2) is 47.0 Å². The van der Waals surface area contributed by atoms with Gasteiger partial charge in [0.15, 0.2) is 5.16 Å². The summed E-state index contributed by atoms with van der Waals surface area (Å²) in [6.07, 6.45) is 6.56. The van der Waals surface area contributed by atoms with E-state index in [1.54, 1.807) is 36.9 Å². The number of nitriles is 1. The second-order valence-electron chi connectivity index (χ2n) is 2.62. The molecule has 0 bridgehead atoms. The number of aromatic nitrogens is 3. The molecule has 2 rings (SSSR count). The van der Waals surface area contributed by atoms with E-state index in [9.17, 15) is 0 Å². The summed E-state index contributed by atoms with van der Waals surface area (Å²) in [5, 5.41) is 9.48. The van der Waals surface area contributed by atoms with Gasteiger partial charge in [0.2, 0.25) is 0 Å². The summed E-state index contributed by atoms with van der Waals surface area (Å²) in [6, 6.07) is 5.52. The minimum absolute atomic E-state index is 0.586. The number of nitrogens with zero attached hydrogens (tertiary/aromatic N) is 4. The Morgan fingerprint density at radius 1 is 1.20 bits per heavy atom. The molecular weight excluding hydrogens is 208 g/mol. The summed E-state index contributed by atoms with van der Waals surface area (Å²) in [5.74, 6) is 0. The lowest BCUT2D eigenvalue weighted by Gasteiger charge is -1.99. The van der Waals surface area contributed by atoms with Gasteiger partial charge < -0.3 is 0 Å². The fraction of sp³-hybridized carbons (Fsp3) is 0. The summed E-state index contributed by atoms with van der Waals surface area (Å²) >= 11 is 1.33. The van der Waals surface area contributed by atoms with E-state index >= 15 is 0 Å². The summed E-state index contributed by atoms with van der Waals surface area (Å²) < 4.78 is 0. The molecule has 0 N–H and O–H groups in total. The van der Waals surface area contributed by atoms with Gasteiger partial charge in [-0.05, 0) is 23.9 Å². The minimum Gasteiger partial charge on any atom is -0.263 e. The van der Waals surface area contributed by atoms with Gasteiger partial charge in [-0.2, -0.15) is 5.26 Å². The highest BCUT2D eigenvalue weighted by Gasteiger charge is 2.04. The summed E-state index contributed by atoms with van der Waals surface area (Å²) in [4.78, 5) is 12.9. The van der Waals surface area contributed by atoms with Crippen LogP contribution in [0, 0.1) is 11.3 Å². The van der Waals surface area contributed by atoms with E-state index in [0.29, 0.717) is 10.7 Å². The number of hydrogen-bond donors (Lipinski definition) is 0. The minimum atomic E-state index is 0.586. The van der Waals surface area contributed by atoms with E-state index in [0.717, 1.165) is 4.90 Å². The van der Waals surface area contributed by atoms with E-state index in [4.69, 9.17) is 5.26 Å². The molecule has 0 fully saturated rings. The van der Waals surface area contributed by atoms with Crippen molar-refractivity contribution in [2.24, 2.45) is 0 Å². The van der Waals surface area contributed by atoms with Crippen molar-refractivity contribution in [3.63, 3.8) is 0 Å². The Morgan fingerprint density at radius 3 is 2.73 bits per heavy atom. The lowest BCUT2D eigenvalue weighted by Crippen LogP contribution is -1.86. The average molecular weight is 214 g/mol. The molecule has 0 saturated carbocycles. The highest BCUT2D eigenvalue weighted by molar-refractivity contribution is 7.99. The van der Waals surface area contributed by atoms with Crippen molar-refractivity contribution in [2.45, 2.75) is 10.1 Å². The van der Waals surface area contributed by atoms with E-state index < -0.39 is 0 Å².